The molecule has 5 nitrogen and oxygen atoms in total. The summed E-state index contributed by atoms with van der Waals surface area (Å²) >= 11 is 1.46. The van der Waals surface area contributed by atoms with Gasteiger partial charge in [0, 0.05) is 30.7 Å². The van der Waals surface area contributed by atoms with E-state index < -0.39 is 0 Å². The number of methoxy groups -OCH3 is 1. The molecule has 24 heavy (non-hydrogen) atoms. The van der Waals surface area contributed by atoms with Gasteiger partial charge in [0.1, 0.15) is 16.5 Å². The number of thiazole rings is 1. The summed E-state index contributed by atoms with van der Waals surface area (Å²) in [6.45, 7) is 2.18. The molecule has 6 heteroatoms. The van der Waals surface area contributed by atoms with Crippen LogP contribution in [0, 0.1) is 5.92 Å². The van der Waals surface area contributed by atoms with Gasteiger partial charge in [-0.3, -0.25) is 4.79 Å². The minimum atomic E-state index is -0.131. The van der Waals surface area contributed by atoms with Crippen molar-refractivity contribution in [2.45, 2.75) is 19.3 Å². The number of rotatable bonds is 9. The third kappa shape index (κ3) is 4.79. The molecule has 1 heterocycles. The Bertz CT molecular complexity index is 665. The van der Waals surface area contributed by atoms with Gasteiger partial charge in [-0.25, -0.2) is 4.98 Å². The molecule has 1 aliphatic rings. The summed E-state index contributed by atoms with van der Waals surface area (Å²) in [6.07, 6.45) is 3.43. The molecular formula is C18H22N2O3S. The van der Waals surface area contributed by atoms with Crippen LogP contribution in [0.15, 0.2) is 29.6 Å². The largest absolute Gasteiger partial charge is 0.497 e. The van der Waals surface area contributed by atoms with E-state index in [1.807, 2.05) is 24.3 Å². The Morgan fingerprint density at radius 3 is 2.83 bits per heavy atom. The van der Waals surface area contributed by atoms with E-state index in [0.29, 0.717) is 18.8 Å². The Morgan fingerprint density at radius 1 is 1.33 bits per heavy atom. The minimum absolute atomic E-state index is 0.131. The Kier molecular flexibility index (Phi) is 5.82. The molecule has 1 aromatic carbocycles. The van der Waals surface area contributed by atoms with Gasteiger partial charge < -0.3 is 14.8 Å². The van der Waals surface area contributed by atoms with Crippen LogP contribution in [0.3, 0.4) is 0 Å². The number of hydrogen-bond donors (Lipinski definition) is 1. The van der Waals surface area contributed by atoms with Crippen LogP contribution in [0.4, 0.5) is 0 Å². The fourth-order valence-electron chi connectivity index (χ4n) is 2.25. The molecule has 0 atom stereocenters. The van der Waals surface area contributed by atoms with Crippen molar-refractivity contribution in [3.05, 3.63) is 35.3 Å². The standard InChI is InChI=1S/C18H22N2O3S/c1-22-15-7-5-14(6-8-15)18-20-16(12-24-18)17(21)19-9-2-10-23-11-13-3-4-13/h5-8,12-13H,2-4,9-11H2,1H3,(H,19,21). The van der Waals surface area contributed by atoms with Crippen molar-refractivity contribution in [1.82, 2.24) is 10.3 Å². The van der Waals surface area contributed by atoms with Gasteiger partial charge in [0.25, 0.3) is 5.91 Å². The second-order valence-electron chi connectivity index (χ2n) is 5.89. The smallest absolute Gasteiger partial charge is 0.270 e. The molecule has 1 aliphatic carbocycles. The molecule has 0 radical (unpaired) electrons. The van der Waals surface area contributed by atoms with Crippen LogP contribution in [0.1, 0.15) is 29.8 Å². The highest BCUT2D eigenvalue weighted by molar-refractivity contribution is 7.13. The highest BCUT2D eigenvalue weighted by atomic mass is 32.1. The lowest BCUT2D eigenvalue weighted by atomic mass is 10.2. The van der Waals surface area contributed by atoms with E-state index in [2.05, 4.69) is 10.3 Å². The van der Waals surface area contributed by atoms with Gasteiger partial charge in [0.05, 0.1) is 7.11 Å². The molecule has 1 saturated carbocycles. The summed E-state index contributed by atoms with van der Waals surface area (Å²) in [5, 5.41) is 5.51. The Hall–Kier alpha value is -1.92. The number of benzene rings is 1. The number of hydrogen-bond acceptors (Lipinski definition) is 5. The Labute approximate surface area is 146 Å². The number of carbonyl (C=O) groups excluding carboxylic acids is 1. The van der Waals surface area contributed by atoms with Gasteiger partial charge in [0.15, 0.2) is 0 Å². The molecule has 128 valence electrons. The predicted molar refractivity (Wildman–Crippen MR) is 94.6 cm³/mol. The fraction of sp³-hybridized carbons (Fsp3) is 0.444. The maximum Gasteiger partial charge on any atom is 0.270 e. The lowest BCUT2D eigenvalue weighted by molar-refractivity contribution is 0.0933. The van der Waals surface area contributed by atoms with Gasteiger partial charge >= 0.3 is 0 Å². The zero-order chi connectivity index (χ0) is 16.8. The minimum Gasteiger partial charge on any atom is -0.497 e. The average molecular weight is 346 g/mol. The quantitative estimate of drug-likeness (QED) is 0.707. The van der Waals surface area contributed by atoms with E-state index in [9.17, 15) is 4.79 Å². The first-order valence-corrected chi connectivity index (χ1v) is 9.10. The Balaban J connectivity index is 1.44. The Morgan fingerprint density at radius 2 is 2.12 bits per heavy atom. The molecule has 0 aliphatic heterocycles. The maximum atomic E-state index is 12.1. The second-order valence-corrected chi connectivity index (χ2v) is 6.75. The molecule has 2 aromatic rings. The van der Waals surface area contributed by atoms with Crippen LogP contribution in [-0.4, -0.2) is 37.8 Å². The van der Waals surface area contributed by atoms with Crippen LogP contribution in [0.2, 0.25) is 0 Å². The first-order chi connectivity index (χ1) is 11.8. The number of carbonyl (C=O) groups is 1. The highest BCUT2D eigenvalue weighted by Gasteiger charge is 2.20. The van der Waals surface area contributed by atoms with Crippen LogP contribution in [-0.2, 0) is 4.74 Å². The highest BCUT2D eigenvalue weighted by Crippen LogP contribution is 2.28. The first kappa shape index (κ1) is 16.9. The summed E-state index contributed by atoms with van der Waals surface area (Å²) < 4.78 is 10.7. The lowest BCUT2D eigenvalue weighted by Gasteiger charge is -2.04. The molecule has 0 saturated heterocycles. The van der Waals surface area contributed by atoms with Crippen molar-refractivity contribution in [2.24, 2.45) is 5.92 Å². The number of ether oxygens (including phenoxy) is 2. The van der Waals surface area contributed by atoms with Gasteiger partial charge in [-0.1, -0.05) is 0 Å². The molecular weight excluding hydrogens is 324 g/mol. The van der Waals surface area contributed by atoms with Gasteiger partial charge in [0.2, 0.25) is 0 Å². The summed E-state index contributed by atoms with van der Waals surface area (Å²) in [6, 6.07) is 7.66. The van der Waals surface area contributed by atoms with Gasteiger partial charge in [-0.2, -0.15) is 0 Å². The van der Waals surface area contributed by atoms with E-state index in [4.69, 9.17) is 9.47 Å². The van der Waals surface area contributed by atoms with Crippen LogP contribution in [0.5, 0.6) is 5.75 Å². The molecule has 3 rings (SSSR count). The van der Waals surface area contributed by atoms with E-state index in [1.165, 1.54) is 24.2 Å². The normalized spacial score (nSPS) is 13.7. The number of amides is 1. The fourth-order valence-corrected chi connectivity index (χ4v) is 3.05. The molecule has 0 bridgehead atoms. The topological polar surface area (TPSA) is 60.5 Å². The van der Waals surface area contributed by atoms with Crippen molar-refractivity contribution in [3.63, 3.8) is 0 Å². The maximum absolute atomic E-state index is 12.1. The molecule has 1 amide bonds. The summed E-state index contributed by atoms with van der Waals surface area (Å²) in [5.41, 5.74) is 1.44. The molecule has 1 aromatic heterocycles. The third-order valence-corrected chi connectivity index (χ3v) is 4.77. The van der Waals surface area contributed by atoms with Crippen molar-refractivity contribution in [1.29, 1.82) is 0 Å². The van der Waals surface area contributed by atoms with Crippen LogP contribution < -0.4 is 10.1 Å². The summed E-state index contributed by atoms with van der Waals surface area (Å²) in [7, 11) is 1.64. The third-order valence-electron chi connectivity index (χ3n) is 3.88. The molecule has 1 N–H and O–H groups in total. The second kappa shape index (κ2) is 8.26. The average Bonchev–Trinajstić information content (AvgIpc) is 3.31. The van der Waals surface area contributed by atoms with Crippen molar-refractivity contribution < 1.29 is 14.3 Å². The summed E-state index contributed by atoms with van der Waals surface area (Å²) in [5.74, 6) is 1.45. The molecule has 0 spiro atoms. The number of nitrogens with zero attached hydrogens (tertiary/aromatic N) is 1. The van der Waals surface area contributed by atoms with E-state index in [1.54, 1.807) is 12.5 Å². The van der Waals surface area contributed by atoms with Gasteiger partial charge in [-0.15, -0.1) is 11.3 Å². The van der Waals surface area contributed by atoms with Crippen LogP contribution >= 0.6 is 11.3 Å². The zero-order valence-electron chi connectivity index (χ0n) is 13.8. The lowest BCUT2D eigenvalue weighted by Crippen LogP contribution is -2.25. The van der Waals surface area contributed by atoms with E-state index in [-0.39, 0.29) is 5.91 Å². The zero-order valence-corrected chi connectivity index (χ0v) is 14.6. The molecule has 1 fully saturated rings. The van der Waals surface area contributed by atoms with Crippen LogP contribution in [0.25, 0.3) is 10.6 Å². The predicted octanol–water partition coefficient (Wildman–Crippen LogP) is 3.37. The monoisotopic (exact) mass is 346 g/mol. The van der Waals surface area contributed by atoms with E-state index >= 15 is 0 Å². The first-order valence-electron chi connectivity index (χ1n) is 8.22. The summed E-state index contributed by atoms with van der Waals surface area (Å²) in [4.78, 5) is 16.5. The van der Waals surface area contributed by atoms with E-state index in [0.717, 1.165) is 35.3 Å². The van der Waals surface area contributed by atoms with Crippen molar-refractivity contribution in [3.8, 4) is 16.3 Å². The van der Waals surface area contributed by atoms with Crippen molar-refractivity contribution in [2.75, 3.05) is 26.9 Å². The number of nitrogens with one attached hydrogen (secondary N) is 1. The SMILES string of the molecule is COc1ccc(-c2nc(C(=O)NCCCOCC3CC3)cs2)cc1. The molecule has 0 unspecified atom stereocenters. The van der Waals surface area contributed by atoms with Gasteiger partial charge in [-0.05, 0) is 49.4 Å². The van der Waals surface area contributed by atoms with Crippen molar-refractivity contribution >= 4 is 17.2 Å². The number of aromatic nitrogens is 1.